The van der Waals surface area contributed by atoms with Crippen molar-refractivity contribution in [1.82, 2.24) is 9.88 Å². The van der Waals surface area contributed by atoms with Gasteiger partial charge in [0.1, 0.15) is 0 Å². The van der Waals surface area contributed by atoms with E-state index in [2.05, 4.69) is 56.9 Å². The van der Waals surface area contributed by atoms with E-state index in [0.717, 1.165) is 0 Å². The molecule has 0 aliphatic heterocycles. The summed E-state index contributed by atoms with van der Waals surface area (Å²) in [6.07, 6.45) is 0. The Hall–Kier alpha value is -1.32. The minimum atomic E-state index is 0.264. The van der Waals surface area contributed by atoms with Gasteiger partial charge < -0.3 is 15.6 Å². The number of nitrogens with two attached hydrogens (primary N) is 1. The van der Waals surface area contributed by atoms with Crippen molar-refractivity contribution in [3.8, 4) is 0 Å². The van der Waals surface area contributed by atoms with Gasteiger partial charge in [-0.3, -0.25) is 0 Å². The van der Waals surface area contributed by atoms with Gasteiger partial charge >= 0.3 is 0 Å². The number of nitrogens with one attached hydrogen (secondary N) is 1. The summed E-state index contributed by atoms with van der Waals surface area (Å²) in [5.41, 5.74) is 12.4. The Morgan fingerprint density at radius 2 is 1.89 bits per heavy atom. The molecule has 3 heteroatoms. The molecule has 18 heavy (non-hydrogen) atoms. The van der Waals surface area contributed by atoms with Gasteiger partial charge in [0.15, 0.2) is 0 Å². The molecule has 0 amide bonds. The molecular weight excluding hydrogens is 222 g/mol. The van der Waals surface area contributed by atoms with Crippen LogP contribution in [0.15, 0.2) is 12.1 Å². The van der Waals surface area contributed by atoms with Crippen molar-refractivity contribution in [3.05, 3.63) is 34.5 Å². The second-order valence-corrected chi connectivity index (χ2v) is 5.38. The molecule has 0 saturated carbocycles. The van der Waals surface area contributed by atoms with E-state index < -0.39 is 0 Å². The first-order chi connectivity index (χ1) is 8.45. The summed E-state index contributed by atoms with van der Waals surface area (Å²) in [7, 11) is 4.17. The zero-order valence-corrected chi connectivity index (χ0v) is 12.0. The standard InChI is InChI=1S/C15H23N3/c1-9-6-10(2)14-12(7-9)17-11(3)15(14)13(8-16)18(4)5/h6-7,13,17H,8,16H2,1-5H3. The van der Waals surface area contributed by atoms with Gasteiger partial charge in [-0.25, -0.2) is 0 Å². The second kappa shape index (κ2) is 4.75. The summed E-state index contributed by atoms with van der Waals surface area (Å²) >= 11 is 0. The van der Waals surface area contributed by atoms with Crippen molar-refractivity contribution in [2.45, 2.75) is 26.8 Å². The molecule has 1 heterocycles. The van der Waals surface area contributed by atoms with Crippen LogP contribution in [0.3, 0.4) is 0 Å². The molecule has 0 bridgehead atoms. The summed E-state index contributed by atoms with van der Waals surface area (Å²) in [5.74, 6) is 0. The van der Waals surface area contributed by atoms with E-state index >= 15 is 0 Å². The maximum absolute atomic E-state index is 5.95. The SMILES string of the molecule is Cc1cc(C)c2c(C(CN)N(C)C)c(C)[nH]c2c1. The number of fused-ring (bicyclic) bond motifs is 1. The Bertz CT molecular complexity index is 567. The molecule has 0 aliphatic rings. The van der Waals surface area contributed by atoms with Crippen molar-refractivity contribution >= 4 is 10.9 Å². The molecule has 0 radical (unpaired) electrons. The maximum Gasteiger partial charge on any atom is 0.0488 e. The maximum atomic E-state index is 5.95. The van der Waals surface area contributed by atoms with Crippen LogP contribution in [0.1, 0.15) is 28.4 Å². The number of likely N-dealkylation sites (N-methyl/N-ethyl adjacent to an activating group) is 1. The number of nitrogens with zero attached hydrogens (tertiary/aromatic N) is 1. The average molecular weight is 245 g/mol. The Kier molecular flexibility index (Phi) is 3.46. The van der Waals surface area contributed by atoms with E-state index in [4.69, 9.17) is 5.73 Å². The molecule has 0 fully saturated rings. The molecule has 2 rings (SSSR count). The lowest BCUT2D eigenvalue weighted by Gasteiger charge is -2.23. The van der Waals surface area contributed by atoms with E-state index in [-0.39, 0.29) is 6.04 Å². The first-order valence-corrected chi connectivity index (χ1v) is 6.41. The molecule has 1 atom stereocenters. The largest absolute Gasteiger partial charge is 0.358 e. The Balaban J connectivity index is 2.74. The van der Waals surface area contributed by atoms with Gasteiger partial charge in [0.05, 0.1) is 0 Å². The molecule has 0 aliphatic carbocycles. The molecule has 0 saturated heterocycles. The van der Waals surface area contributed by atoms with E-state index in [0.29, 0.717) is 6.54 Å². The zero-order valence-electron chi connectivity index (χ0n) is 12.0. The van der Waals surface area contributed by atoms with Crippen LogP contribution in [0.2, 0.25) is 0 Å². The summed E-state index contributed by atoms with van der Waals surface area (Å²) < 4.78 is 0. The van der Waals surface area contributed by atoms with E-state index in [1.54, 1.807) is 0 Å². The monoisotopic (exact) mass is 245 g/mol. The van der Waals surface area contributed by atoms with E-state index in [1.165, 1.54) is 33.3 Å². The van der Waals surface area contributed by atoms with Gasteiger partial charge in [0.2, 0.25) is 0 Å². The summed E-state index contributed by atoms with van der Waals surface area (Å²) in [4.78, 5) is 5.69. The molecular formula is C15H23N3. The summed E-state index contributed by atoms with van der Waals surface area (Å²) in [6.45, 7) is 7.08. The van der Waals surface area contributed by atoms with Crippen LogP contribution in [0.4, 0.5) is 0 Å². The molecule has 98 valence electrons. The van der Waals surface area contributed by atoms with Crippen LogP contribution >= 0.6 is 0 Å². The topological polar surface area (TPSA) is 45.0 Å². The Labute approximate surface area is 109 Å². The fourth-order valence-corrected chi connectivity index (χ4v) is 2.88. The van der Waals surface area contributed by atoms with Gasteiger partial charge in [-0.15, -0.1) is 0 Å². The molecule has 1 aromatic carbocycles. The quantitative estimate of drug-likeness (QED) is 0.873. The predicted octanol–water partition coefficient (Wildman–Crippen LogP) is 2.65. The highest BCUT2D eigenvalue weighted by Gasteiger charge is 2.20. The molecule has 1 unspecified atom stereocenters. The first-order valence-electron chi connectivity index (χ1n) is 6.41. The third-order valence-corrected chi connectivity index (χ3v) is 3.66. The van der Waals surface area contributed by atoms with Gasteiger partial charge in [-0.1, -0.05) is 6.07 Å². The van der Waals surface area contributed by atoms with Gasteiger partial charge in [-0.05, 0) is 57.6 Å². The number of benzene rings is 1. The third-order valence-electron chi connectivity index (χ3n) is 3.66. The van der Waals surface area contributed by atoms with Crippen molar-refractivity contribution < 1.29 is 0 Å². The number of hydrogen-bond acceptors (Lipinski definition) is 2. The van der Waals surface area contributed by atoms with Crippen LogP contribution in [0.25, 0.3) is 10.9 Å². The lowest BCUT2D eigenvalue weighted by Crippen LogP contribution is -2.27. The molecule has 0 spiro atoms. The van der Waals surface area contributed by atoms with Crippen molar-refractivity contribution in [2.24, 2.45) is 5.73 Å². The highest BCUT2D eigenvalue weighted by atomic mass is 15.1. The normalized spacial score (nSPS) is 13.5. The molecule has 3 nitrogen and oxygen atoms in total. The van der Waals surface area contributed by atoms with Crippen LogP contribution in [-0.2, 0) is 0 Å². The number of H-pyrrole nitrogens is 1. The van der Waals surface area contributed by atoms with Crippen LogP contribution in [0, 0.1) is 20.8 Å². The van der Waals surface area contributed by atoms with Crippen LogP contribution in [0.5, 0.6) is 0 Å². The van der Waals surface area contributed by atoms with E-state index in [9.17, 15) is 0 Å². The minimum Gasteiger partial charge on any atom is -0.358 e. The Morgan fingerprint density at radius 3 is 2.44 bits per heavy atom. The van der Waals surface area contributed by atoms with Crippen molar-refractivity contribution in [3.63, 3.8) is 0 Å². The fraction of sp³-hybridized carbons (Fsp3) is 0.467. The fourth-order valence-electron chi connectivity index (χ4n) is 2.88. The number of aryl methyl sites for hydroxylation is 3. The minimum absolute atomic E-state index is 0.264. The highest BCUT2D eigenvalue weighted by Crippen LogP contribution is 2.32. The lowest BCUT2D eigenvalue weighted by molar-refractivity contribution is 0.307. The van der Waals surface area contributed by atoms with Crippen molar-refractivity contribution in [1.29, 1.82) is 0 Å². The number of rotatable bonds is 3. The van der Waals surface area contributed by atoms with Crippen LogP contribution in [-0.4, -0.2) is 30.5 Å². The smallest absolute Gasteiger partial charge is 0.0488 e. The molecule has 2 aromatic rings. The number of hydrogen-bond donors (Lipinski definition) is 2. The van der Waals surface area contributed by atoms with Crippen LogP contribution < -0.4 is 5.73 Å². The number of aromatic amines is 1. The zero-order chi connectivity index (χ0) is 13.4. The highest BCUT2D eigenvalue weighted by molar-refractivity contribution is 5.89. The Morgan fingerprint density at radius 1 is 1.22 bits per heavy atom. The second-order valence-electron chi connectivity index (χ2n) is 5.38. The average Bonchev–Trinajstić information content (AvgIpc) is 2.56. The first kappa shape index (κ1) is 13.1. The molecule has 1 aromatic heterocycles. The van der Waals surface area contributed by atoms with Gasteiger partial charge in [0.25, 0.3) is 0 Å². The third kappa shape index (κ3) is 2.04. The van der Waals surface area contributed by atoms with Gasteiger partial charge in [-0.2, -0.15) is 0 Å². The van der Waals surface area contributed by atoms with Gasteiger partial charge in [0, 0.05) is 29.2 Å². The lowest BCUT2D eigenvalue weighted by atomic mass is 9.98. The summed E-state index contributed by atoms with van der Waals surface area (Å²) in [5, 5.41) is 1.34. The van der Waals surface area contributed by atoms with Crippen molar-refractivity contribution in [2.75, 3.05) is 20.6 Å². The summed E-state index contributed by atoms with van der Waals surface area (Å²) in [6, 6.07) is 4.71. The number of aromatic nitrogens is 1. The predicted molar refractivity (Wildman–Crippen MR) is 78.0 cm³/mol. The van der Waals surface area contributed by atoms with E-state index in [1.807, 2.05) is 0 Å². The molecule has 3 N–H and O–H groups in total.